The number of benzene rings is 1. The second kappa shape index (κ2) is 35.5. The molecule has 0 saturated carbocycles. The Morgan fingerprint density at radius 1 is 0.360 bits per heavy atom. The second-order valence-electron chi connectivity index (χ2n) is 27.1. The van der Waals surface area contributed by atoms with E-state index in [1.165, 1.54) is 41.5 Å². The normalized spacial score (nSPS) is 48.8. The highest BCUT2D eigenvalue weighted by molar-refractivity contribution is 5.73. The Labute approximate surface area is 577 Å². The van der Waals surface area contributed by atoms with Crippen molar-refractivity contribution in [3.8, 4) is 0 Å². The highest BCUT2D eigenvalue weighted by atomic mass is 16.8. The molecular weight excluding hydrogens is 1340 g/mol. The summed E-state index contributed by atoms with van der Waals surface area (Å²) in [6, 6.07) is 6.14. The van der Waals surface area contributed by atoms with Crippen molar-refractivity contribution in [1.29, 1.82) is 0 Å². The Balaban J connectivity index is 1.05. The van der Waals surface area contributed by atoms with Crippen LogP contribution in [0.25, 0.3) is 0 Å². The second-order valence-corrected chi connectivity index (χ2v) is 27.1. The fourth-order valence-corrected chi connectivity index (χ4v) is 13.8. The van der Waals surface area contributed by atoms with Crippen LogP contribution < -0.4 is 10.6 Å². The Morgan fingerprint density at radius 2 is 0.750 bits per heavy atom. The highest BCUT2D eigenvalue weighted by Gasteiger charge is 2.60. The predicted molar refractivity (Wildman–Crippen MR) is 330 cm³/mol. The fourth-order valence-electron chi connectivity index (χ4n) is 13.8. The van der Waals surface area contributed by atoms with Gasteiger partial charge in [0.15, 0.2) is 50.3 Å². The van der Waals surface area contributed by atoms with Gasteiger partial charge in [-0.1, -0.05) is 51.1 Å². The van der Waals surface area contributed by atoms with Gasteiger partial charge in [0.25, 0.3) is 0 Å². The van der Waals surface area contributed by atoms with Crippen molar-refractivity contribution in [2.45, 2.75) is 316 Å². The zero-order valence-electron chi connectivity index (χ0n) is 57.2. The van der Waals surface area contributed by atoms with E-state index >= 15 is 0 Å². The lowest BCUT2D eigenvalue weighted by Crippen LogP contribution is -2.70. The number of carbonyl (C=O) groups is 2. The Bertz CT molecular complexity index is 2690. The Morgan fingerprint density at radius 3 is 1.30 bits per heavy atom. The molecule has 17 N–H and O–H groups in total. The van der Waals surface area contributed by atoms with Crippen LogP contribution >= 0.6 is 0 Å². The van der Waals surface area contributed by atoms with E-state index in [2.05, 4.69) is 10.6 Å². The van der Waals surface area contributed by atoms with E-state index < -0.39 is 277 Å². The maximum Gasteiger partial charge on any atom is 0.217 e. The average Bonchev–Trinajstić information content (AvgIpc) is 0.766. The molecule has 1 aromatic carbocycles. The largest absolute Gasteiger partial charge is 0.394 e. The average molecular weight is 1450 g/mol. The minimum atomic E-state index is -2.12. The predicted octanol–water partition coefficient (Wildman–Crippen LogP) is -6.82. The molecule has 8 saturated heterocycles. The minimum absolute atomic E-state index is 0.0260. The Hall–Kier alpha value is -3.12. The molecule has 0 aromatic heterocycles. The van der Waals surface area contributed by atoms with Crippen LogP contribution in [-0.4, -0.2) is 348 Å². The van der Waals surface area contributed by atoms with Crippen molar-refractivity contribution in [2.75, 3.05) is 26.4 Å². The molecule has 1 aromatic rings. The molecule has 40 atom stereocenters. The Kier molecular flexibility index (Phi) is 28.8. The first-order chi connectivity index (χ1) is 47.4. The van der Waals surface area contributed by atoms with E-state index in [0.29, 0.717) is 6.42 Å². The van der Waals surface area contributed by atoms with Crippen LogP contribution in [0.2, 0.25) is 0 Å². The van der Waals surface area contributed by atoms with Gasteiger partial charge in [-0.2, -0.15) is 0 Å². The van der Waals surface area contributed by atoms with E-state index in [9.17, 15) is 86.2 Å². The molecule has 2 amide bonds. The van der Waals surface area contributed by atoms with Crippen molar-refractivity contribution in [3.63, 3.8) is 0 Å². The summed E-state index contributed by atoms with van der Waals surface area (Å²) in [4.78, 5) is 26.2. The fraction of sp³-hybridized carbons (Fsp3) is 0.875. The minimum Gasteiger partial charge on any atom is -0.394 e. The summed E-state index contributed by atoms with van der Waals surface area (Å²) in [6.07, 6.45) is -58.0. The molecule has 0 radical (unpaired) electrons. The van der Waals surface area contributed by atoms with E-state index in [1.54, 1.807) is 26.0 Å². The third-order valence-electron chi connectivity index (χ3n) is 19.7. The van der Waals surface area contributed by atoms with Crippen LogP contribution in [0, 0.1) is 11.8 Å². The zero-order valence-corrected chi connectivity index (χ0v) is 57.2. The van der Waals surface area contributed by atoms with Gasteiger partial charge in [0.05, 0.1) is 69.2 Å². The van der Waals surface area contributed by atoms with Crippen LogP contribution in [0.4, 0.5) is 0 Å². The van der Waals surface area contributed by atoms with E-state index in [1.807, 2.05) is 25.1 Å². The molecule has 8 aliphatic heterocycles. The molecule has 574 valence electrons. The van der Waals surface area contributed by atoms with E-state index in [4.69, 9.17) is 80.5 Å². The lowest BCUT2D eigenvalue weighted by molar-refractivity contribution is -0.410. The van der Waals surface area contributed by atoms with Crippen molar-refractivity contribution in [3.05, 3.63) is 35.9 Å². The summed E-state index contributed by atoms with van der Waals surface area (Å²) in [5.41, 5.74) is 0.756. The van der Waals surface area contributed by atoms with Gasteiger partial charge in [-0.15, -0.1) is 0 Å². The number of hydrogen-bond acceptors (Lipinski definition) is 34. The molecule has 8 heterocycles. The van der Waals surface area contributed by atoms with Crippen molar-refractivity contribution >= 4 is 11.8 Å². The maximum absolute atomic E-state index is 13.6. The summed E-state index contributed by atoms with van der Waals surface area (Å²) in [7, 11) is 0. The molecule has 36 nitrogen and oxygen atoms in total. The van der Waals surface area contributed by atoms with Crippen LogP contribution in [-0.2, 0) is 96.7 Å². The molecule has 8 aliphatic rings. The number of nitrogens with one attached hydrogen (secondary N) is 2. The number of aliphatic hydroxyl groups excluding tert-OH is 15. The summed E-state index contributed by atoms with van der Waals surface area (Å²) < 4.78 is 107. The molecule has 0 spiro atoms. The van der Waals surface area contributed by atoms with Crippen LogP contribution in [0.5, 0.6) is 0 Å². The van der Waals surface area contributed by atoms with Gasteiger partial charge in [0.2, 0.25) is 11.8 Å². The summed E-state index contributed by atoms with van der Waals surface area (Å²) >= 11 is 0. The highest BCUT2D eigenvalue weighted by Crippen LogP contribution is 2.42. The van der Waals surface area contributed by atoms with Gasteiger partial charge in [-0.05, 0) is 46.6 Å². The van der Waals surface area contributed by atoms with Gasteiger partial charge in [-0.25, -0.2) is 0 Å². The van der Waals surface area contributed by atoms with Gasteiger partial charge >= 0.3 is 0 Å². The molecule has 100 heavy (non-hydrogen) atoms. The third-order valence-corrected chi connectivity index (χ3v) is 19.7. The van der Waals surface area contributed by atoms with Gasteiger partial charge in [0.1, 0.15) is 140 Å². The first-order valence-corrected chi connectivity index (χ1v) is 34.1. The first-order valence-electron chi connectivity index (χ1n) is 34.1. The van der Waals surface area contributed by atoms with Crippen molar-refractivity contribution in [2.24, 2.45) is 11.8 Å². The summed E-state index contributed by atoms with van der Waals surface area (Å²) in [5, 5.41) is 175. The first kappa shape index (κ1) is 81.0. The maximum atomic E-state index is 13.6. The zero-order chi connectivity index (χ0) is 73.0. The smallest absolute Gasteiger partial charge is 0.217 e. The molecule has 8 fully saturated rings. The molecular formula is C64H104N2O34. The summed E-state index contributed by atoms with van der Waals surface area (Å²) in [5.74, 6) is -3.44. The molecule has 9 rings (SSSR count). The number of ether oxygens (including phenoxy) is 17. The number of hydrogen-bond donors (Lipinski definition) is 17. The van der Waals surface area contributed by atoms with E-state index in [-0.39, 0.29) is 13.2 Å². The number of carbonyl (C=O) groups excluding carboxylic acids is 2. The lowest BCUT2D eigenvalue weighted by Gasteiger charge is -2.52. The van der Waals surface area contributed by atoms with Crippen LogP contribution in [0.15, 0.2) is 30.3 Å². The quantitative estimate of drug-likeness (QED) is 0.0433. The van der Waals surface area contributed by atoms with Gasteiger partial charge < -0.3 is 168 Å². The van der Waals surface area contributed by atoms with Crippen LogP contribution in [0.3, 0.4) is 0 Å². The lowest BCUT2D eigenvalue weighted by atomic mass is 9.90. The molecule has 36 heteroatoms. The third kappa shape index (κ3) is 17.9. The number of rotatable bonds is 25. The van der Waals surface area contributed by atoms with Crippen molar-refractivity contribution < 1.29 is 167 Å². The SMILES string of the molecule is CCCO[C@@H]1OC(CO)[C@H](O)[C@H](O[C@@H]2OC(C)[C@H](O)[C@@H](O[C@@H]3OC(C)[C@H](O)[C@@H](O)C3O[C@@H]3OC(C)[C@H](O)[C@@H](O[C@H]4O[C@H](CO)[C@@H](O)C(O)C4O)C3O[C@@H]3OC(CO)[C@H](O)[C@H](O[C@@H]4OC(C)[C@H](OCc5ccccc5)[C@@H](O[C@@H]5OC(C)[C@H](O)[C@@H](O)C5O)C4C)C3NC(C)=O)C2C)C1NC(C)=O. The van der Waals surface area contributed by atoms with E-state index in [0.717, 1.165) is 12.5 Å². The number of aliphatic hydroxyl groups is 15. The molecule has 0 bridgehead atoms. The number of amides is 2. The standard InChI is InChI=1S/C64H104N2O34/c1-11-17-84-59-35(65-29(9)70)52(42(77)33(19-68)91-59)96-57-22(2)49(39(74)26(6)86-57)94-63-55(46(81)38(73)25(5)88-63)99-64-56(54(40(75)27(7)89-64)98-62-48(83)45(80)41(76)32(18-67)93-62)100-60-36(66-30(10)71)53(43(78)34(20-69)92-60)97-58-23(3)50(95-61-47(82)44(79)37(72)24(4)87-61)51(28(8)90-58)85-21-31-15-13-12-14-16-31/h12-16,22-28,32-64,67-69,72-83H,11,17-21H2,1-10H3,(H,65,70)(H,66,71)/t22?,23?,24?,25?,26?,27?,28?,32-,33?,34?,35?,36?,37+,38+,39+,40+,41-,42+,43+,44-,45?,46-,47?,48?,49+,50+,51+,52-,53-,54-,55?,56?,57+,58+,59-,60+,61+,62-,63+,64+/m1/s1. The van der Waals surface area contributed by atoms with Gasteiger partial charge in [0, 0.05) is 32.3 Å². The topological polar surface area (TPSA) is 519 Å². The monoisotopic (exact) mass is 1440 g/mol. The molecule has 16 unspecified atom stereocenters. The van der Waals surface area contributed by atoms with Crippen molar-refractivity contribution in [1.82, 2.24) is 10.6 Å². The molecule has 0 aliphatic carbocycles. The van der Waals surface area contributed by atoms with Gasteiger partial charge in [-0.3, -0.25) is 9.59 Å². The summed E-state index contributed by atoms with van der Waals surface area (Å²) in [6.45, 7) is 12.1. The van der Waals surface area contributed by atoms with Crippen LogP contribution in [0.1, 0.15) is 81.2 Å².